The summed E-state index contributed by atoms with van der Waals surface area (Å²) < 4.78 is 1.04. The van der Waals surface area contributed by atoms with Gasteiger partial charge in [-0.2, -0.15) is 0 Å². The number of carbonyl (C=O) groups is 1. The van der Waals surface area contributed by atoms with Crippen LogP contribution >= 0.6 is 27.3 Å². The summed E-state index contributed by atoms with van der Waals surface area (Å²) in [6.45, 7) is 4.38. The molecule has 0 aliphatic rings. The van der Waals surface area contributed by atoms with Gasteiger partial charge in [-0.15, -0.1) is 11.3 Å². The molecule has 0 N–H and O–H groups in total. The van der Waals surface area contributed by atoms with Crippen LogP contribution in [-0.2, 0) is 0 Å². The number of ketones is 1. The first-order valence-corrected chi connectivity index (χ1v) is 7.56. The van der Waals surface area contributed by atoms with Gasteiger partial charge >= 0.3 is 0 Å². The van der Waals surface area contributed by atoms with E-state index in [9.17, 15) is 4.79 Å². The van der Waals surface area contributed by atoms with Crippen LogP contribution in [0.1, 0.15) is 55.6 Å². The van der Waals surface area contributed by atoms with Crippen molar-refractivity contribution in [1.29, 1.82) is 0 Å². The van der Waals surface area contributed by atoms with Crippen molar-refractivity contribution in [2.45, 2.75) is 46.0 Å². The summed E-state index contributed by atoms with van der Waals surface area (Å²) >= 11 is 4.93. The van der Waals surface area contributed by atoms with Crippen LogP contribution in [-0.4, -0.2) is 5.78 Å². The van der Waals surface area contributed by atoms with Crippen LogP contribution < -0.4 is 0 Å². The van der Waals surface area contributed by atoms with Gasteiger partial charge in [0.1, 0.15) is 0 Å². The van der Waals surface area contributed by atoms with E-state index in [2.05, 4.69) is 29.8 Å². The van der Waals surface area contributed by atoms with E-state index in [0.29, 0.717) is 18.1 Å². The van der Waals surface area contributed by atoms with Gasteiger partial charge in [0.25, 0.3) is 0 Å². The van der Waals surface area contributed by atoms with E-state index >= 15 is 0 Å². The van der Waals surface area contributed by atoms with E-state index < -0.39 is 0 Å². The molecule has 0 saturated heterocycles. The van der Waals surface area contributed by atoms with E-state index in [4.69, 9.17) is 0 Å². The lowest BCUT2D eigenvalue weighted by Gasteiger charge is -2.12. The Morgan fingerprint density at radius 2 is 2.19 bits per heavy atom. The summed E-state index contributed by atoms with van der Waals surface area (Å²) in [5.74, 6) is 0.868. The van der Waals surface area contributed by atoms with Crippen LogP contribution in [0.2, 0.25) is 0 Å². The molecule has 0 radical (unpaired) electrons. The highest BCUT2D eigenvalue weighted by molar-refractivity contribution is 9.11. The predicted molar refractivity (Wildman–Crippen MR) is 74.3 cm³/mol. The number of hydrogen-bond donors (Lipinski definition) is 0. The van der Waals surface area contributed by atoms with Crippen LogP contribution in [0.15, 0.2) is 15.9 Å². The molecular weight excluding hydrogens is 284 g/mol. The average molecular weight is 303 g/mol. The molecule has 1 unspecified atom stereocenters. The fourth-order valence-electron chi connectivity index (χ4n) is 1.77. The number of thiophene rings is 1. The number of halogens is 1. The molecule has 1 aromatic heterocycles. The van der Waals surface area contributed by atoms with Crippen LogP contribution in [0.3, 0.4) is 0 Å². The topological polar surface area (TPSA) is 17.1 Å². The predicted octanol–water partition coefficient (Wildman–Crippen LogP) is 5.30. The van der Waals surface area contributed by atoms with Crippen molar-refractivity contribution in [3.05, 3.63) is 20.8 Å². The first-order valence-electron chi connectivity index (χ1n) is 5.95. The maximum atomic E-state index is 12.0. The fraction of sp³-hybridized carbons (Fsp3) is 0.615. The van der Waals surface area contributed by atoms with Gasteiger partial charge in [0.15, 0.2) is 5.78 Å². The largest absolute Gasteiger partial charge is 0.293 e. The molecule has 16 heavy (non-hydrogen) atoms. The summed E-state index contributed by atoms with van der Waals surface area (Å²) in [5.41, 5.74) is 0. The van der Waals surface area contributed by atoms with E-state index in [1.165, 1.54) is 30.6 Å². The molecule has 0 aliphatic carbocycles. The molecule has 1 atom stereocenters. The molecule has 0 spiro atoms. The van der Waals surface area contributed by atoms with Crippen molar-refractivity contribution in [1.82, 2.24) is 0 Å². The summed E-state index contributed by atoms with van der Waals surface area (Å²) in [7, 11) is 0. The van der Waals surface area contributed by atoms with Crippen molar-refractivity contribution in [2.75, 3.05) is 0 Å². The van der Waals surface area contributed by atoms with Crippen LogP contribution in [0.4, 0.5) is 0 Å². The molecule has 0 fully saturated rings. The van der Waals surface area contributed by atoms with Crippen molar-refractivity contribution in [3.8, 4) is 0 Å². The Morgan fingerprint density at radius 1 is 1.44 bits per heavy atom. The lowest BCUT2D eigenvalue weighted by atomic mass is 9.93. The van der Waals surface area contributed by atoms with Crippen molar-refractivity contribution in [3.63, 3.8) is 0 Å². The maximum absolute atomic E-state index is 12.0. The molecule has 1 rings (SSSR count). The first-order chi connectivity index (χ1) is 7.67. The van der Waals surface area contributed by atoms with Gasteiger partial charge in [0, 0.05) is 6.42 Å². The third-order valence-corrected chi connectivity index (χ3v) is 4.53. The molecule has 0 aliphatic heterocycles. The Kier molecular flexibility index (Phi) is 6.29. The second-order valence-corrected chi connectivity index (χ2v) is 6.61. The van der Waals surface area contributed by atoms with Gasteiger partial charge in [-0.05, 0) is 34.0 Å². The summed E-state index contributed by atoms with van der Waals surface area (Å²) in [4.78, 5) is 12.9. The highest BCUT2D eigenvalue weighted by Crippen LogP contribution is 2.26. The molecule has 1 aromatic rings. The molecule has 0 saturated carbocycles. The third-order valence-electron chi connectivity index (χ3n) is 2.87. The Labute approximate surface area is 110 Å². The zero-order chi connectivity index (χ0) is 12.0. The minimum atomic E-state index is 0.304. The van der Waals surface area contributed by atoms with Crippen molar-refractivity contribution in [2.24, 2.45) is 5.92 Å². The standard InChI is InChI=1S/C13H19BrOS/c1-3-5-6-10(4-2)9-11(15)12-7-8-13(14)16-12/h7-8,10H,3-6,9H2,1-2H3. The second-order valence-electron chi connectivity index (χ2n) is 4.15. The Morgan fingerprint density at radius 3 is 2.69 bits per heavy atom. The maximum Gasteiger partial charge on any atom is 0.173 e. The second kappa shape index (κ2) is 7.23. The summed E-state index contributed by atoms with van der Waals surface area (Å²) in [5, 5.41) is 0. The van der Waals surface area contributed by atoms with Gasteiger partial charge in [0.05, 0.1) is 8.66 Å². The molecule has 3 heteroatoms. The number of Topliss-reactive ketones (excluding diaryl/α,β-unsaturated/α-hetero) is 1. The van der Waals surface area contributed by atoms with Gasteiger partial charge in [0.2, 0.25) is 0 Å². The highest BCUT2D eigenvalue weighted by Gasteiger charge is 2.14. The smallest absolute Gasteiger partial charge is 0.173 e. The SMILES string of the molecule is CCCCC(CC)CC(=O)c1ccc(Br)s1. The van der Waals surface area contributed by atoms with E-state index in [1.54, 1.807) is 0 Å². The van der Waals surface area contributed by atoms with Gasteiger partial charge in [-0.3, -0.25) is 4.79 Å². The summed E-state index contributed by atoms with van der Waals surface area (Å²) in [6, 6.07) is 3.87. The zero-order valence-electron chi connectivity index (χ0n) is 9.96. The van der Waals surface area contributed by atoms with E-state index in [0.717, 1.165) is 15.1 Å². The van der Waals surface area contributed by atoms with Crippen LogP contribution in [0.5, 0.6) is 0 Å². The molecule has 90 valence electrons. The average Bonchev–Trinajstić information content (AvgIpc) is 2.70. The lowest BCUT2D eigenvalue weighted by molar-refractivity contribution is 0.0961. The van der Waals surface area contributed by atoms with E-state index in [1.807, 2.05) is 12.1 Å². The third kappa shape index (κ3) is 4.38. The fourth-order valence-corrected chi connectivity index (χ4v) is 3.11. The molecule has 0 bridgehead atoms. The van der Waals surface area contributed by atoms with E-state index in [-0.39, 0.29) is 0 Å². The van der Waals surface area contributed by atoms with Crippen molar-refractivity contribution >= 4 is 33.0 Å². The number of unbranched alkanes of at least 4 members (excludes halogenated alkanes) is 1. The molecule has 0 amide bonds. The Bertz CT molecular complexity index is 332. The minimum Gasteiger partial charge on any atom is -0.293 e. The normalized spacial score (nSPS) is 12.7. The molecule has 1 nitrogen and oxygen atoms in total. The minimum absolute atomic E-state index is 0.304. The zero-order valence-corrected chi connectivity index (χ0v) is 12.4. The summed E-state index contributed by atoms with van der Waals surface area (Å²) in [6.07, 6.45) is 5.46. The molecule has 1 heterocycles. The van der Waals surface area contributed by atoms with Crippen molar-refractivity contribution < 1.29 is 4.79 Å². The number of carbonyl (C=O) groups excluding carboxylic acids is 1. The van der Waals surface area contributed by atoms with Gasteiger partial charge in [-0.1, -0.05) is 39.5 Å². The van der Waals surface area contributed by atoms with Crippen LogP contribution in [0.25, 0.3) is 0 Å². The van der Waals surface area contributed by atoms with Crippen LogP contribution in [0, 0.1) is 5.92 Å². The number of hydrogen-bond acceptors (Lipinski definition) is 2. The monoisotopic (exact) mass is 302 g/mol. The Hall–Kier alpha value is -0.150. The quantitative estimate of drug-likeness (QED) is 0.625. The van der Waals surface area contributed by atoms with Gasteiger partial charge in [-0.25, -0.2) is 0 Å². The highest BCUT2D eigenvalue weighted by atomic mass is 79.9. The first kappa shape index (κ1) is 13.9. The lowest BCUT2D eigenvalue weighted by Crippen LogP contribution is -2.07. The van der Waals surface area contributed by atoms with Gasteiger partial charge < -0.3 is 0 Å². The molecular formula is C13H19BrOS. The molecule has 0 aromatic carbocycles. The number of rotatable bonds is 7. The Balaban J connectivity index is 2.48.